The molecule has 4 atom stereocenters. The minimum Gasteiger partial charge on any atom is -0.356 e. The van der Waals surface area contributed by atoms with Gasteiger partial charge in [-0.15, -0.1) is 11.3 Å². The van der Waals surface area contributed by atoms with Crippen molar-refractivity contribution in [2.24, 2.45) is 17.8 Å². The lowest BCUT2D eigenvalue weighted by Gasteiger charge is -2.39. The number of benzene rings is 1. The van der Waals surface area contributed by atoms with Crippen LogP contribution in [0.3, 0.4) is 0 Å². The SMILES string of the molecule is Cc1c(N2C[C@@H]3C(CS(=O)(=O)c4nc5ccccc5s4)[C@@H]3C2)nc(N2CC[C@@H]2C)nc1C(F)(F)F. The van der Waals surface area contributed by atoms with Gasteiger partial charge in [0, 0.05) is 31.2 Å². The molecule has 3 aliphatic rings. The number of hydrogen-bond donors (Lipinski definition) is 0. The van der Waals surface area contributed by atoms with Crippen LogP contribution in [0.25, 0.3) is 10.2 Å². The lowest BCUT2D eigenvalue weighted by atomic mass is 10.1. The second-order valence-electron chi connectivity index (χ2n) is 9.78. The summed E-state index contributed by atoms with van der Waals surface area (Å²) in [6.45, 7) is 4.99. The van der Waals surface area contributed by atoms with Crippen molar-refractivity contribution in [3.63, 3.8) is 0 Å². The first-order valence-corrected chi connectivity index (χ1v) is 14.1. The van der Waals surface area contributed by atoms with Crippen LogP contribution in [-0.4, -0.2) is 54.8 Å². The van der Waals surface area contributed by atoms with Gasteiger partial charge in [0.2, 0.25) is 20.1 Å². The number of anilines is 2. The van der Waals surface area contributed by atoms with E-state index in [1.807, 2.05) is 30.0 Å². The molecule has 35 heavy (non-hydrogen) atoms. The van der Waals surface area contributed by atoms with Crippen LogP contribution < -0.4 is 9.80 Å². The maximum Gasteiger partial charge on any atom is 0.433 e. The highest BCUT2D eigenvalue weighted by Gasteiger charge is 2.58. The molecule has 186 valence electrons. The van der Waals surface area contributed by atoms with E-state index in [1.54, 1.807) is 11.0 Å². The average Bonchev–Trinajstić information content (AvgIpc) is 3.15. The van der Waals surface area contributed by atoms with Crippen molar-refractivity contribution >= 4 is 43.2 Å². The Balaban J connectivity index is 1.21. The van der Waals surface area contributed by atoms with Crippen LogP contribution in [0.5, 0.6) is 0 Å². The third-order valence-electron chi connectivity index (χ3n) is 7.58. The summed E-state index contributed by atoms with van der Waals surface area (Å²) in [4.78, 5) is 16.4. The Bertz CT molecular complexity index is 1380. The van der Waals surface area contributed by atoms with E-state index in [0.29, 0.717) is 31.0 Å². The summed E-state index contributed by atoms with van der Waals surface area (Å²) >= 11 is 1.18. The molecule has 2 aliphatic heterocycles. The highest BCUT2D eigenvalue weighted by molar-refractivity contribution is 7.93. The molecule has 1 aliphatic carbocycles. The van der Waals surface area contributed by atoms with Gasteiger partial charge in [-0.25, -0.2) is 18.4 Å². The first-order valence-electron chi connectivity index (χ1n) is 11.6. The Kier molecular flexibility index (Phi) is 5.09. The fourth-order valence-electron chi connectivity index (χ4n) is 5.40. The van der Waals surface area contributed by atoms with Gasteiger partial charge in [0.25, 0.3) is 0 Å². The summed E-state index contributed by atoms with van der Waals surface area (Å²) in [7, 11) is -3.53. The zero-order chi connectivity index (χ0) is 24.7. The van der Waals surface area contributed by atoms with Crippen molar-refractivity contribution in [1.82, 2.24) is 15.0 Å². The minimum atomic E-state index is -4.57. The molecule has 0 spiro atoms. The topological polar surface area (TPSA) is 79.3 Å². The van der Waals surface area contributed by atoms with Gasteiger partial charge in [-0.05, 0) is 50.2 Å². The lowest BCUT2D eigenvalue weighted by Crippen LogP contribution is -2.47. The van der Waals surface area contributed by atoms with E-state index < -0.39 is 21.7 Å². The van der Waals surface area contributed by atoms with E-state index in [-0.39, 0.29) is 45.4 Å². The van der Waals surface area contributed by atoms with Crippen molar-refractivity contribution in [3.05, 3.63) is 35.5 Å². The van der Waals surface area contributed by atoms with Gasteiger partial charge in [-0.1, -0.05) is 12.1 Å². The predicted octanol–water partition coefficient (Wildman–Crippen LogP) is 4.17. The normalized spacial score (nSPS) is 26.2. The maximum atomic E-state index is 13.8. The molecular weight excluding hydrogens is 499 g/mol. The summed E-state index contributed by atoms with van der Waals surface area (Å²) in [5, 5.41) is 0. The second kappa shape index (κ2) is 7.76. The molecule has 4 heterocycles. The molecule has 0 radical (unpaired) electrons. The molecule has 12 heteroatoms. The number of nitrogens with zero attached hydrogens (tertiary/aromatic N) is 5. The number of aromatic nitrogens is 3. The van der Waals surface area contributed by atoms with E-state index in [9.17, 15) is 21.6 Å². The van der Waals surface area contributed by atoms with Gasteiger partial charge < -0.3 is 9.80 Å². The molecule has 1 unspecified atom stereocenters. The van der Waals surface area contributed by atoms with Crippen LogP contribution in [0.1, 0.15) is 24.6 Å². The van der Waals surface area contributed by atoms with E-state index in [4.69, 9.17) is 0 Å². The van der Waals surface area contributed by atoms with Crippen LogP contribution in [-0.2, 0) is 16.0 Å². The Morgan fingerprint density at radius 2 is 1.83 bits per heavy atom. The minimum absolute atomic E-state index is 0.0117. The molecule has 2 aromatic heterocycles. The average molecular weight is 524 g/mol. The van der Waals surface area contributed by atoms with Crippen molar-refractivity contribution < 1.29 is 21.6 Å². The van der Waals surface area contributed by atoms with Crippen LogP contribution >= 0.6 is 11.3 Å². The number of para-hydroxylation sites is 1. The van der Waals surface area contributed by atoms with Crippen molar-refractivity contribution in [2.45, 2.75) is 36.8 Å². The number of fused-ring (bicyclic) bond motifs is 2. The largest absolute Gasteiger partial charge is 0.433 e. The zero-order valence-electron chi connectivity index (χ0n) is 19.2. The summed E-state index contributed by atoms with van der Waals surface area (Å²) in [6.07, 6.45) is -3.67. The number of hydrogen-bond acceptors (Lipinski definition) is 8. The van der Waals surface area contributed by atoms with Crippen LogP contribution in [0.4, 0.5) is 24.9 Å². The number of alkyl halides is 3. The lowest BCUT2D eigenvalue weighted by molar-refractivity contribution is -0.141. The Morgan fingerprint density at radius 3 is 2.43 bits per heavy atom. The molecule has 7 nitrogen and oxygen atoms in total. The number of thiazole rings is 1. The molecule has 3 fully saturated rings. The predicted molar refractivity (Wildman–Crippen MR) is 128 cm³/mol. The molecule has 3 aromatic rings. The van der Waals surface area contributed by atoms with Crippen molar-refractivity contribution in [3.8, 4) is 0 Å². The Hall–Kier alpha value is -2.47. The molecule has 0 amide bonds. The summed E-state index contributed by atoms with van der Waals surface area (Å²) in [6, 6.07) is 7.43. The molecule has 2 saturated heterocycles. The van der Waals surface area contributed by atoms with Gasteiger partial charge in [-0.2, -0.15) is 18.2 Å². The van der Waals surface area contributed by atoms with Gasteiger partial charge in [0.05, 0.1) is 16.0 Å². The molecule has 0 N–H and O–H groups in total. The molecule has 6 rings (SSSR count). The van der Waals surface area contributed by atoms with Gasteiger partial charge in [-0.3, -0.25) is 0 Å². The van der Waals surface area contributed by atoms with Gasteiger partial charge in [0.1, 0.15) is 5.82 Å². The Labute approximate surface area is 204 Å². The third-order valence-corrected chi connectivity index (χ3v) is 10.9. The van der Waals surface area contributed by atoms with Crippen LogP contribution in [0.15, 0.2) is 28.6 Å². The number of halogens is 3. The quantitative estimate of drug-likeness (QED) is 0.497. The summed E-state index contributed by atoms with van der Waals surface area (Å²) in [5.41, 5.74) is -0.202. The monoisotopic (exact) mass is 523 g/mol. The van der Waals surface area contributed by atoms with E-state index >= 15 is 0 Å². The van der Waals surface area contributed by atoms with Crippen LogP contribution in [0, 0.1) is 24.7 Å². The maximum absolute atomic E-state index is 13.8. The number of piperidine rings is 1. The van der Waals surface area contributed by atoms with E-state index in [1.165, 1.54) is 18.3 Å². The molecule has 1 saturated carbocycles. The van der Waals surface area contributed by atoms with Crippen molar-refractivity contribution in [2.75, 3.05) is 35.2 Å². The van der Waals surface area contributed by atoms with Crippen molar-refractivity contribution in [1.29, 1.82) is 0 Å². The van der Waals surface area contributed by atoms with Gasteiger partial charge in [0.15, 0.2) is 5.69 Å². The highest BCUT2D eigenvalue weighted by atomic mass is 32.2. The fourth-order valence-corrected chi connectivity index (χ4v) is 8.46. The molecule has 1 aromatic carbocycles. The summed E-state index contributed by atoms with van der Waals surface area (Å²) < 4.78 is 68.3. The van der Waals surface area contributed by atoms with Gasteiger partial charge >= 0.3 is 6.18 Å². The first-order chi connectivity index (χ1) is 16.5. The second-order valence-corrected chi connectivity index (χ2v) is 13.0. The van der Waals surface area contributed by atoms with Crippen LogP contribution in [0.2, 0.25) is 0 Å². The molecular formula is C23H24F3N5O2S2. The number of rotatable bonds is 5. The zero-order valence-corrected chi connectivity index (χ0v) is 20.8. The number of sulfone groups is 1. The Morgan fingerprint density at radius 1 is 1.11 bits per heavy atom. The first kappa shape index (κ1) is 23.0. The smallest absolute Gasteiger partial charge is 0.356 e. The van der Waals surface area contributed by atoms with E-state index in [2.05, 4.69) is 15.0 Å². The van der Waals surface area contributed by atoms with E-state index in [0.717, 1.165) is 11.1 Å². The third kappa shape index (κ3) is 3.85. The standard InChI is InChI=1S/C23H24F3N5O2S2/c1-12-7-8-31(12)21-28-19(23(24,25)26)13(2)20(29-21)30-9-14-15(10-30)16(14)11-35(32,33)22-27-17-5-3-4-6-18(17)34-22/h3-6,12,14-16H,7-11H2,1-2H3/t12-,14-,15+,16?/m0/s1. The highest BCUT2D eigenvalue weighted by Crippen LogP contribution is 2.54. The fraction of sp³-hybridized carbons (Fsp3) is 0.522. The summed E-state index contributed by atoms with van der Waals surface area (Å²) in [5.74, 6) is 0.669. The molecule has 0 bridgehead atoms.